The van der Waals surface area contributed by atoms with E-state index in [0.29, 0.717) is 57.5 Å². The number of hydrogen-bond acceptors (Lipinski definition) is 5. The normalized spacial score (nSPS) is 16.5. The van der Waals surface area contributed by atoms with Crippen LogP contribution in [-0.2, 0) is 24.4 Å². The topological polar surface area (TPSA) is 76.8 Å². The molecule has 1 atom stereocenters. The molecule has 1 aromatic heterocycles. The Hall–Kier alpha value is -4.17. The van der Waals surface area contributed by atoms with Gasteiger partial charge in [-0.25, -0.2) is 9.59 Å². The summed E-state index contributed by atoms with van der Waals surface area (Å²) >= 11 is 0. The Bertz CT molecular complexity index is 1560. The van der Waals surface area contributed by atoms with Gasteiger partial charge in [-0.15, -0.1) is 0 Å². The number of Topliss-reactive ketones (excluding diaryl/α,β-unsaturated/α-hetero) is 1. The van der Waals surface area contributed by atoms with Crippen LogP contribution in [0.3, 0.4) is 0 Å². The van der Waals surface area contributed by atoms with Crippen LogP contribution in [0, 0.1) is 0 Å². The van der Waals surface area contributed by atoms with E-state index in [1.807, 2.05) is 59.2 Å². The molecule has 3 heterocycles. The number of rotatable bonds is 8. The van der Waals surface area contributed by atoms with Gasteiger partial charge in [-0.2, -0.15) is 0 Å². The summed E-state index contributed by atoms with van der Waals surface area (Å²) in [6.45, 7) is 5.51. The Labute approximate surface area is 246 Å². The first kappa shape index (κ1) is 28.0. The second-order valence-corrected chi connectivity index (χ2v) is 11.5. The number of carbonyl (C=O) groups is 2. The molecule has 1 saturated heterocycles. The molecule has 6 rings (SSSR count). The van der Waals surface area contributed by atoms with Gasteiger partial charge >= 0.3 is 11.8 Å². The predicted octanol–water partition coefficient (Wildman–Crippen LogP) is 5.64. The van der Waals surface area contributed by atoms with E-state index in [9.17, 15) is 14.4 Å². The highest BCUT2D eigenvalue weighted by molar-refractivity contribution is 6.06. The van der Waals surface area contributed by atoms with Crippen molar-refractivity contribution >= 4 is 22.9 Å². The van der Waals surface area contributed by atoms with Gasteiger partial charge in [0.1, 0.15) is 6.61 Å². The molecule has 0 N–H and O–H groups in total. The maximum Gasteiger partial charge on any atom is 0.409 e. The minimum atomic E-state index is -0.309. The highest BCUT2D eigenvalue weighted by Crippen LogP contribution is 2.29. The highest BCUT2D eigenvalue weighted by Gasteiger charge is 2.30. The lowest BCUT2D eigenvalue weighted by atomic mass is 10.0. The lowest BCUT2D eigenvalue weighted by Gasteiger charge is -2.33. The zero-order chi connectivity index (χ0) is 29.1. The van der Waals surface area contributed by atoms with Crippen molar-refractivity contribution in [3.63, 3.8) is 0 Å². The fourth-order valence-electron chi connectivity index (χ4n) is 6.35. The summed E-state index contributed by atoms with van der Waals surface area (Å²) < 4.78 is 9.47. The summed E-state index contributed by atoms with van der Waals surface area (Å²) in [5.74, 6) is 0.0990. The Balaban J connectivity index is 1.09. The van der Waals surface area contributed by atoms with Crippen molar-refractivity contribution in [1.29, 1.82) is 0 Å². The first-order chi connectivity index (χ1) is 20.5. The number of para-hydroxylation sites is 1. The molecule has 8 nitrogen and oxygen atoms in total. The molecule has 8 heteroatoms. The number of amides is 1. The molecule has 1 amide bonds. The summed E-state index contributed by atoms with van der Waals surface area (Å²) in [4.78, 5) is 43.3. The summed E-state index contributed by atoms with van der Waals surface area (Å²) in [7, 11) is 0. The monoisotopic (exact) mass is 566 g/mol. The molecule has 1 fully saturated rings. The van der Waals surface area contributed by atoms with Gasteiger partial charge in [-0.3, -0.25) is 18.8 Å². The van der Waals surface area contributed by atoms with Crippen LogP contribution in [0.2, 0.25) is 0 Å². The summed E-state index contributed by atoms with van der Waals surface area (Å²) in [6.07, 6.45) is 2.15. The highest BCUT2D eigenvalue weighted by atomic mass is 16.6. The molecule has 4 aromatic rings. The van der Waals surface area contributed by atoms with Gasteiger partial charge in [0.25, 0.3) is 0 Å². The minimum absolute atomic E-state index is 0.0204. The van der Waals surface area contributed by atoms with Crippen LogP contribution in [0.1, 0.15) is 60.1 Å². The van der Waals surface area contributed by atoms with Crippen molar-refractivity contribution in [2.75, 3.05) is 19.7 Å². The van der Waals surface area contributed by atoms with E-state index in [4.69, 9.17) is 4.74 Å². The fourth-order valence-corrected chi connectivity index (χ4v) is 6.35. The maximum absolute atomic E-state index is 13.5. The third kappa shape index (κ3) is 5.77. The van der Waals surface area contributed by atoms with Crippen LogP contribution in [0.25, 0.3) is 11.0 Å². The molecular weight excluding hydrogens is 528 g/mol. The van der Waals surface area contributed by atoms with Gasteiger partial charge in [0.15, 0.2) is 5.78 Å². The molecule has 0 saturated carbocycles. The molecule has 0 aliphatic carbocycles. The average Bonchev–Trinajstić information content (AvgIpc) is 3.19. The number of nitrogens with zero attached hydrogens (tertiary/aromatic N) is 4. The van der Waals surface area contributed by atoms with E-state index in [-0.39, 0.29) is 29.6 Å². The standard InChI is InChI=1S/C34H38N4O4/c1-25(36(22-26-10-4-2-5-11-26)23-27-12-6-3-7-13-27)24-42-34(41)35-20-17-28(18-21-35)38-30-15-8-14-29-31(39)16-9-19-37(32(29)30)33(38)40/h2-8,10-15,25,28H,9,16-24H2,1H3/t25-/m0/s1. The fraction of sp³-hybridized carbons (Fsp3) is 0.382. The van der Waals surface area contributed by atoms with Crippen molar-refractivity contribution in [2.24, 2.45) is 0 Å². The van der Waals surface area contributed by atoms with Crippen LogP contribution < -0.4 is 5.69 Å². The number of ketones is 1. The number of likely N-dealkylation sites (tertiary alicyclic amines) is 1. The SMILES string of the molecule is C[C@@H](COC(=O)N1CCC(n2c(=O)n3c4c(cccc42)C(=O)CCC3)CC1)N(Cc1ccccc1)Cc1ccccc1. The van der Waals surface area contributed by atoms with E-state index in [1.54, 1.807) is 9.47 Å². The van der Waals surface area contributed by atoms with E-state index in [2.05, 4.69) is 36.1 Å². The molecule has 0 bridgehead atoms. The van der Waals surface area contributed by atoms with Gasteiger partial charge in [0.05, 0.1) is 11.0 Å². The lowest BCUT2D eigenvalue weighted by Crippen LogP contribution is -2.43. The van der Waals surface area contributed by atoms with Crippen LogP contribution in [0.15, 0.2) is 83.7 Å². The quantitative estimate of drug-likeness (QED) is 0.276. The van der Waals surface area contributed by atoms with E-state index in [1.165, 1.54) is 11.1 Å². The third-order valence-electron chi connectivity index (χ3n) is 8.68. The first-order valence-corrected chi connectivity index (χ1v) is 15.0. The van der Waals surface area contributed by atoms with Crippen molar-refractivity contribution in [2.45, 2.75) is 64.3 Å². The minimum Gasteiger partial charge on any atom is -0.448 e. The van der Waals surface area contributed by atoms with Gasteiger partial charge in [0, 0.05) is 56.8 Å². The molecule has 2 aliphatic heterocycles. The lowest BCUT2D eigenvalue weighted by molar-refractivity contribution is 0.0567. The van der Waals surface area contributed by atoms with E-state index < -0.39 is 0 Å². The number of carbonyl (C=O) groups excluding carboxylic acids is 2. The summed E-state index contributed by atoms with van der Waals surface area (Å²) in [6, 6.07) is 26.3. The van der Waals surface area contributed by atoms with Crippen molar-refractivity contribution in [3.05, 3.63) is 106 Å². The van der Waals surface area contributed by atoms with Gasteiger partial charge in [-0.1, -0.05) is 66.7 Å². The number of piperidine rings is 1. The third-order valence-corrected chi connectivity index (χ3v) is 8.68. The number of aryl methyl sites for hydroxylation is 1. The molecule has 3 aromatic carbocycles. The number of hydrogen-bond donors (Lipinski definition) is 0. The maximum atomic E-state index is 13.5. The second-order valence-electron chi connectivity index (χ2n) is 11.5. The average molecular weight is 567 g/mol. The predicted molar refractivity (Wildman–Crippen MR) is 163 cm³/mol. The zero-order valence-electron chi connectivity index (χ0n) is 24.2. The molecule has 42 heavy (non-hydrogen) atoms. The van der Waals surface area contributed by atoms with Crippen molar-refractivity contribution < 1.29 is 14.3 Å². The first-order valence-electron chi connectivity index (χ1n) is 15.0. The smallest absolute Gasteiger partial charge is 0.409 e. The largest absolute Gasteiger partial charge is 0.448 e. The van der Waals surface area contributed by atoms with Crippen molar-refractivity contribution in [3.8, 4) is 0 Å². The summed E-state index contributed by atoms with van der Waals surface area (Å²) in [5, 5.41) is 0. The van der Waals surface area contributed by atoms with Crippen LogP contribution in [0.5, 0.6) is 0 Å². The van der Waals surface area contributed by atoms with Crippen LogP contribution >= 0.6 is 0 Å². The van der Waals surface area contributed by atoms with E-state index in [0.717, 1.165) is 24.1 Å². The number of imidazole rings is 1. The Morgan fingerprint density at radius 1 is 0.881 bits per heavy atom. The molecule has 218 valence electrons. The van der Waals surface area contributed by atoms with Crippen LogP contribution in [0.4, 0.5) is 4.79 Å². The second kappa shape index (κ2) is 12.4. The molecule has 2 aliphatic rings. The number of ether oxygens (including phenoxy) is 1. The Morgan fingerprint density at radius 2 is 1.52 bits per heavy atom. The number of benzene rings is 3. The van der Waals surface area contributed by atoms with Crippen molar-refractivity contribution in [1.82, 2.24) is 18.9 Å². The summed E-state index contributed by atoms with van der Waals surface area (Å²) in [5.41, 5.74) is 4.60. The van der Waals surface area contributed by atoms with Gasteiger partial charge in [-0.05, 0) is 49.4 Å². The number of aromatic nitrogens is 2. The van der Waals surface area contributed by atoms with Crippen LogP contribution in [-0.4, -0.2) is 56.5 Å². The molecule has 0 unspecified atom stereocenters. The molecule has 0 spiro atoms. The van der Waals surface area contributed by atoms with Gasteiger partial charge in [0.2, 0.25) is 0 Å². The van der Waals surface area contributed by atoms with Gasteiger partial charge < -0.3 is 9.64 Å². The Morgan fingerprint density at radius 3 is 2.17 bits per heavy atom. The van der Waals surface area contributed by atoms with E-state index >= 15 is 0 Å². The molecule has 0 radical (unpaired) electrons. The zero-order valence-corrected chi connectivity index (χ0v) is 24.2. The molecular formula is C34H38N4O4. The Kier molecular flexibility index (Phi) is 8.24.